The third-order valence-electron chi connectivity index (χ3n) is 4.75. The van der Waals surface area contributed by atoms with Crippen LogP contribution in [-0.2, 0) is 4.79 Å². The summed E-state index contributed by atoms with van der Waals surface area (Å²) in [5.41, 5.74) is 13.9. The van der Waals surface area contributed by atoms with E-state index in [-0.39, 0.29) is 23.2 Å². The molecular formula is C17H25FN2O. The third kappa shape index (κ3) is 3.62. The molecule has 1 aliphatic carbocycles. The average molecular weight is 292 g/mol. The van der Waals surface area contributed by atoms with Crippen LogP contribution in [0.1, 0.15) is 61.3 Å². The molecule has 1 unspecified atom stereocenters. The van der Waals surface area contributed by atoms with Gasteiger partial charge in [-0.25, -0.2) is 4.39 Å². The summed E-state index contributed by atoms with van der Waals surface area (Å²) in [4.78, 5) is 11.4. The molecule has 1 aliphatic rings. The smallest absolute Gasteiger partial charge is 0.217 e. The van der Waals surface area contributed by atoms with Gasteiger partial charge in [-0.15, -0.1) is 0 Å². The number of aryl methyl sites for hydroxylation is 2. The number of benzene rings is 1. The van der Waals surface area contributed by atoms with Crippen LogP contribution in [0.15, 0.2) is 12.1 Å². The van der Waals surface area contributed by atoms with Crippen molar-refractivity contribution in [3.05, 3.63) is 34.6 Å². The number of carbonyl (C=O) groups is 1. The fourth-order valence-electron chi connectivity index (χ4n) is 3.73. The minimum atomic E-state index is -0.254. The Bertz CT molecular complexity index is 513. The first kappa shape index (κ1) is 16.0. The fraction of sp³-hybridized carbons (Fsp3) is 0.588. The Morgan fingerprint density at radius 2 is 1.81 bits per heavy atom. The Labute approximate surface area is 125 Å². The molecule has 0 spiro atoms. The zero-order valence-corrected chi connectivity index (χ0v) is 12.9. The Morgan fingerprint density at radius 1 is 1.29 bits per heavy atom. The van der Waals surface area contributed by atoms with Gasteiger partial charge in [-0.05, 0) is 55.2 Å². The molecular weight excluding hydrogens is 267 g/mol. The van der Waals surface area contributed by atoms with Crippen molar-refractivity contribution in [2.45, 2.75) is 58.4 Å². The zero-order chi connectivity index (χ0) is 15.6. The Hall–Kier alpha value is -1.42. The van der Waals surface area contributed by atoms with Gasteiger partial charge < -0.3 is 11.5 Å². The topological polar surface area (TPSA) is 69.1 Å². The lowest BCUT2D eigenvalue weighted by atomic mass is 9.75. The van der Waals surface area contributed by atoms with Gasteiger partial charge in [-0.1, -0.05) is 25.0 Å². The molecule has 0 saturated heterocycles. The summed E-state index contributed by atoms with van der Waals surface area (Å²) < 4.78 is 13.7. The molecule has 1 amide bonds. The molecule has 2 rings (SSSR count). The van der Waals surface area contributed by atoms with Gasteiger partial charge in [0, 0.05) is 12.5 Å². The first-order valence-electron chi connectivity index (χ1n) is 7.63. The van der Waals surface area contributed by atoms with Crippen molar-refractivity contribution >= 4 is 5.91 Å². The van der Waals surface area contributed by atoms with Crippen LogP contribution in [0.5, 0.6) is 0 Å². The summed E-state index contributed by atoms with van der Waals surface area (Å²) in [6.07, 6.45) is 5.40. The van der Waals surface area contributed by atoms with Crippen molar-refractivity contribution in [2.75, 3.05) is 0 Å². The van der Waals surface area contributed by atoms with E-state index in [2.05, 4.69) is 0 Å². The van der Waals surface area contributed by atoms with Crippen LogP contribution in [0.4, 0.5) is 4.39 Å². The van der Waals surface area contributed by atoms with Crippen molar-refractivity contribution in [2.24, 2.45) is 16.9 Å². The highest BCUT2D eigenvalue weighted by atomic mass is 19.1. The van der Waals surface area contributed by atoms with Gasteiger partial charge in [0.15, 0.2) is 0 Å². The molecule has 0 aromatic heterocycles. The minimum Gasteiger partial charge on any atom is -0.370 e. The molecule has 0 aliphatic heterocycles. The second-order valence-corrected chi connectivity index (χ2v) is 6.63. The summed E-state index contributed by atoms with van der Waals surface area (Å²) in [5.74, 6) is -0.422. The molecule has 1 saturated carbocycles. The Morgan fingerprint density at radius 3 is 2.29 bits per heavy atom. The second kappa shape index (κ2) is 6.14. The largest absolute Gasteiger partial charge is 0.370 e. The van der Waals surface area contributed by atoms with E-state index in [1.807, 2.05) is 12.1 Å². The summed E-state index contributed by atoms with van der Waals surface area (Å²) >= 11 is 0. The number of hydrogen-bond donors (Lipinski definition) is 2. The molecule has 21 heavy (non-hydrogen) atoms. The van der Waals surface area contributed by atoms with Crippen LogP contribution in [-0.4, -0.2) is 5.91 Å². The van der Waals surface area contributed by atoms with Crippen molar-refractivity contribution < 1.29 is 9.18 Å². The van der Waals surface area contributed by atoms with Crippen molar-refractivity contribution in [1.29, 1.82) is 0 Å². The predicted octanol–water partition coefficient (Wildman–Crippen LogP) is 3.27. The molecule has 0 radical (unpaired) electrons. The molecule has 4 heteroatoms. The van der Waals surface area contributed by atoms with Crippen molar-refractivity contribution in [1.82, 2.24) is 0 Å². The van der Waals surface area contributed by atoms with E-state index < -0.39 is 0 Å². The highest BCUT2D eigenvalue weighted by Crippen LogP contribution is 2.46. The van der Waals surface area contributed by atoms with Crippen molar-refractivity contribution in [3.8, 4) is 0 Å². The van der Waals surface area contributed by atoms with E-state index in [1.165, 1.54) is 0 Å². The molecule has 1 aromatic carbocycles. The monoisotopic (exact) mass is 292 g/mol. The number of amides is 1. The number of nitrogens with two attached hydrogens (primary N) is 2. The van der Waals surface area contributed by atoms with Gasteiger partial charge in [0.05, 0.1) is 0 Å². The molecule has 3 nitrogen and oxygen atoms in total. The maximum Gasteiger partial charge on any atom is 0.217 e. The SMILES string of the molecule is Cc1cc(C(N)CC2(CC(N)=O)CCCC2)cc(C)c1F. The lowest BCUT2D eigenvalue weighted by Crippen LogP contribution is -2.29. The van der Waals surface area contributed by atoms with Gasteiger partial charge in [-0.2, -0.15) is 0 Å². The van der Waals surface area contributed by atoms with Gasteiger partial charge in [0.1, 0.15) is 5.82 Å². The van der Waals surface area contributed by atoms with Crippen LogP contribution >= 0.6 is 0 Å². The van der Waals surface area contributed by atoms with Crippen LogP contribution in [0.3, 0.4) is 0 Å². The van der Waals surface area contributed by atoms with Crippen molar-refractivity contribution in [3.63, 3.8) is 0 Å². The summed E-state index contributed by atoms with van der Waals surface area (Å²) in [6.45, 7) is 3.51. The summed E-state index contributed by atoms with van der Waals surface area (Å²) in [5, 5.41) is 0. The number of rotatable bonds is 5. The zero-order valence-electron chi connectivity index (χ0n) is 12.9. The molecule has 1 fully saturated rings. The second-order valence-electron chi connectivity index (χ2n) is 6.63. The number of primary amides is 1. The highest BCUT2D eigenvalue weighted by molar-refractivity contribution is 5.74. The summed E-state index contributed by atoms with van der Waals surface area (Å²) in [6, 6.07) is 3.46. The molecule has 116 valence electrons. The molecule has 1 atom stereocenters. The van der Waals surface area contributed by atoms with Crippen LogP contribution in [0.2, 0.25) is 0 Å². The van der Waals surface area contributed by atoms with Gasteiger partial charge >= 0.3 is 0 Å². The maximum absolute atomic E-state index is 13.7. The standard InChI is InChI=1S/C17H25FN2O/c1-11-7-13(8-12(2)16(11)18)14(19)9-17(10-15(20)21)5-3-4-6-17/h7-8,14H,3-6,9-10,19H2,1-2H3,(H2,20,21). The predicted molar refractivity (Wildman–Crippen MR) is 82.1 cm³/mol. The fourth-order valence-corrected chi connectivity index (χ4v) is 3.73. The number of carbonyl (C=O) groups excluding carboxylic acids is 1. The van der Waals surface area contributed by atoms with E-state index in [1.54, 1.807) is 13.8 Å². The minimum absolute atomic E-state index is 0.0680. The quantitative estimate of drug-likeness (QED) is 0.874. The first-order chi connectivity index (χ1) is 9.83. The van der Waals surface area contributed by atoms with Gasteiger partial charge in [0.2, 0.25) is 5.91 Å². The van der Waals surface area contributed by atoms with E-state index in [0.29, 0.717) is 17.5 Å². The first-order valence-corrected chi connectivity index (χ1v) is 7.63. The number of halogens is 1. The maximum atomic E-state index is 13.7. The van der Waals surface area contributed by atoms with E-state index >= 15 is 0 Å². The highest BCUT2D eigenvalue weighted by Gasteiger charge is 2.37. The van der Waals surface area contributed by atoms with Crippen LogP contribution in [0.25, 0.3) is 0 Å². The lowest BCUT2D eigenvalue weighted by molar-refractivity contribution is -0.120. The van der Waals surface area contributed by atoms with Crippen LogP contribution in [0, 0.1) is 25.1 Å². The number of hydrogen-bond acceptors (Lipinski definition) is 2. The molecule has 4 N–H and O–H groups in total. The molecule has 0 heterocycles. The van der Waals surface area contributed by atoms with Gasteiger partial charge in [0.25, 0.3) is 0 Å². The van der Waals surface area contributed by atoms with Crippen LogP contribution < -0.4 is 11.5 Å². The average Bonchev–Trinajstić information content (AvgIpc) is 2.82. The molecule has 0 bridgehead atoms. The van der Waals surface area contributed by atoms with E-state index in [4.69, 9.17) is 11.5 Å². The molecule has 1 aromatic rings. The van der Waals surface area contributed by atoms with E-state index in [0.717, 1.165) is 37.7 Å². The lowest BCUT2D eigenvalue weighted by Gasteiger charge is -2.31. The summed E-state index contributed by atoms with van der Waals surface area (Å²) in [7, 11) is 0. The normalized spacial score (nSPS) is 18.7. The Kier molecular flexibility index (Phi) is 4.67. The Balaban J connectivity index is 2.19. The third-order valence-corrected chi connectivity index (χ3v) is 4.75. The van der Waals surface area contributed by atoms with E-state index in [9.17, 15) is 9.18 Å². The van der Waals surface area contributed by atoms with Gasteiger partial charge in [-0.3, -0.25) is 4.79 Å².